The summed E-state index contributed by atoms with van der Waals surface area (Å²) in [5, 5.41) is 18.3. The summed E-state index contributed by atoms with van der Waals surface area (Å²) in [6.07, 6.45) is 1.69. The van der Waals surface area contributed by atoms with Crippen molar-refractivity contribution in [3.05, 3.63) is 221 Å². The van der Waals surface area contributed by atoms with Crippen LogP contribution in [0.1, 0.15) is 38.9 Å². The molecule has 334 valence electrons. The molecule has 2 heterocycles. The molecular formula is C56H54N4O6. The average molecular weight is 879 g/mol. The van der Waals surface area contributed by atoms with E-state index in [1.54, 1.807) is 48.5 Å². The summed E-state index contributed by atoms with van der Waals surface area (Å²) in [5.41, 5.74) is 22.2. The van der Waals surface area contributed by atoms with Gasteiger partial charge in [-0.05, 0) is 176 Å². The van der Waals surface area contributed by atoms with Crippen molar-refractivity contribution in [1.82, 2.24) is 4.90 Å². The molecule has 8 aromatic carbocycles. The molecule has 2 aliphatic rings. The van der Waals surface area contributed by atoms with Gasteiger partial charge in [-0.1, -0.05) is 60.2 Å². The Bertz CT molecular complexity index is 2620. The highest BCUT2D eigenvalue weighted by Crippen LogP contribution is 2.33. The largest absolute Gasteiger partial charge is 0.508 e. The van der Waals surface area contributed by atoms with Gasteiger partial charge in [0.05, 0.1) is 0 Å². The average Bonchev–Trinajstić information content (AvgIpc) is 3.33. The summed E-state index contributed by atoms with van der Waals surface area (Å²) in [6, 6.07) is 58.2. The van der Waals surface area contributed by atoms with E-state index in [9.17, 15) is 0 Å². The molecule has 0 atom stereocenters. The molecule has 8 aromatic rings. The van der Waals surface area contributed by atoms with Crippen LogP contribution in [-0.4, -0.2) is 35.6 Å². The summed E-state index contributed by atoms with van der Waals surface area (Å²) in [4.78, 5) is 4.42. The van der Waals surface area contributed by atoms with Gasteiger partial charge in [0.1, 0.15) is 52.7 Å². The number of nitrogen functional groups attached to an aromatic ring is 2. The number of nitrogens with zero attached hydrogens (tertiary/aromatic N) is 2. The molecule has 0 unspecified atom stereocenters. The number of phenols is 2. The molecule has 10 heteroatoms. The summed E-state index contributed by atoms with van der Waals surface area (Å²) < 4.78 is 23.5. The maximum atomic E-state index is 9.13. The zero-order valence-electron chi connectivity index (χ0n) is 37.1. The van der Waals surface area contributed by atoms with Gasteiger partial charge in [0.15, 0.2) is 6.73 Å². The first kappa shape index (κ1) is 44.5. The summed E-state index contributed by atoms with van der Waals surface area (Å²) in [5.74, 6) is 5.72. The first-order valence-corrected chi connectivity index (χ1v) is 21.8. The normalized spacial score (nSPS) is 12.7. The van der Waals surface area contributed by atoms with Crippen molar-refractivity contribution in [3.8, 4) is 46.0 Å². The first-order valence-electron chi connectivity index (χ1n) is 21.8. The molecule has 0 aliphatic carbocycles. The quantitative estimate of drug-likeness (QED) is 0.104. The van der Waals surface area contributed by atoms with Crippen molar-refractivity contribution in [2.45, 2.75) is 32.9 Å². The third kappa shape index (κ3) is 12.6. The number of aryl methyl sites for hydroxylation is 1. The lowest BCUT2D eigenvalue weighted by Crippen LogP contribution is -2.31. The summed E-state index contributed by atoms with van der Waals surface area (Å²) in [6.45, 7) is 4.98. The maximum absolute atomic E-state index is 9.13. The Morgan fingerprint density at radius 3 is 1.35 bits per heavy atom. The topological polar surface area (TPSA) is 136 Å². The summed E-state index contributed by atoms with van der Waals surface area (Å²) >= 11 is 0. The van der Waals surface area contributed by atoms with Gasteiger partial charge in [0, 0.05) is 41.3 Å². The Balaban J connectivity index is 0.000000162. The molecule has 0 bridgehead atoms. The van der Waals surface area contributed by atoms with Crippen LogP contribution in [0.3, 0.4) is 0 Å². The minimum atomic E-state index is 0.282. The molecule has 0 radical (unpaired) electrons. The van der Waals surface area contributed by atoms with E-state index in [0.717, 1.165) is 88.6 Å². The molecule has 10 rings (SSSR count). The molecule has 6 N–H and O–H groups in total. The van der Waals surface area contributed by atoms with E-state index in [1.165, 1.54) is 27.8 Å². The highest BCUT2D eigenvalue weighted by molar-refractivity contribution is 5.53. The molecule has 0 saturated carbocycles. The van der Waals surface area contributed by atoms with Crippen LogP contribution >= 0.6 is 0 Å². The van der Waals surface area contributed by atoms with E-state index in [0.29, 0.717) is 13.5 Å². The number of nitrogens with two attached hydrogens (primary N) is 2. The van der Waals surface area contributed by atoms with Crippen LogP contribution < -0.4 is 35.3 Å². The molecule has 0 aromatic heterocycles. The van der Waals surface area contributed by atoms with E-state index in [-0.39, 0.29) is 11.5 Å². The van der Waals surface area contributed by atoms with Gasteiger partial charge < -0.3 is 45.5 Å². The van der Waals surface area contributed by atoms with Gasteiger partial charge in [0.2, 0.25) is 0 Å². The van der Waals surface area contributed by atoms with E-state index >= 15 is 0 Å². The first-order chi connectivity index (χ1) is 32.1. The SMILES string of the molecule is Cc1ccc(Oc2ccc(N3COc4ccc(Cc5ccc6c(c5)CN(C)CO6)cc4C3)cc2)cc1.Nc1ccc(Oc2ccc(N)cc2)cc1.Oc1ccc(Cc2ccc(O)cc2)cc1. The van der Waals surface area contributed by atoms with Gasteiger partial charge >= 0.3 is 0 Å². The highest BCUT2D eigenvalue weighted by atomic mass is 16.5. The van der Waals surface area contributed by atoms with E-state index < -0.39 is 0 Å². The summed E-state index contributed by atoms with van der Waals surface area (Å²) in [7, 11) is 2.08. The van der Waals surface area contributed by atoms with Crippen molar-refractivity contribution in [2.75, 3.05) is 36.9 Å². The minimum absolute atomic E-state index is 0.282. The van der Waals surface area contributed by atoms with Gasteiger partial charge in [-0.2, -0.15) is 0 Å². The predicted molar refractivity (Wildman–Crippen MR) is 263 cm³/mol. The van der Waals surface area contributed by atoms with Gasteiger partial charge in [0.25, 0.3) is 0 Å². The van der Waals surface area contributed by atoms with Crippen LogP contribution in [-0.2, 0) is 25.9 Å². The number of hydrogen-bond donors (Lipinski definition) is 4. The Morgan fingerprint density at radius 2 is 0.864 bits per heavy atom. The number of rotatable bonds is 9. The number of anilines is 3. The molecule has 0 spiro atoms. The van der Waals surface area contributed by atoms with E-state index in [4.69, 9.17) is 40.6 Å². The second kappa shape index (κ2) is 21.1. The number of hydrogen-bond acceptors (Lipinski definition) is 10. The predicted octanol–water partition coefficient (Wildman–Crippen LogP) is 11.8. The van der Waals surface area contributed by atoms with Crippen molar-refractivity contribution in [2.24, 2.45) is 0 Å². The number of ether oxygens (including phenoxy) is 4. The molecule has 66 heavy (non-hydrogen) atoms. The lowest BCUT2D eigenvalue weighted by molar-refractivity contribution is 0.121. The van der Waals surface area contributed by atoms with Crippen LogP contribution in [0.4, 0.5) is 17.1 Å². The zero-order chi connectivity index (χ0) is 45.8. The van der Waals surface area contributed by atoms with Crippen molar-refractivity contribution >= 4 is 17.1 Å². The zero-order valence-corrected chi connectivity index (χ0v) is 37.1. The third-order valence-corrected chi connectivity index (χ3v) is 11.0. The standard InChI is InChI=1S/C31H30N2O3.C13H12O2.C12H12N2O/c1-22-3-9-28(10-4-22)36-29-11-7-27(8-12-29)33-19-26-17-24(6-14-31(26)35-21-33)15-23-5-13-30-25(16-23)18-32(2)20-34-30;14-12-5-1-10(2-6-12)9-11-3-7-13(15)8-4-11;13-9-1-5-11(6-2-9)15-12-7-3-10(14)4-8-12/h3-14,16-17H,15,18-21H2,1-2H3;1-8,14-15H,9H2;1-8H,13-14H2. The fourth-order valence-corrected chi connectivity index (χ4v) is 7.47. The van der Waals surface area contributed by atoms with Crippen LogP contribution in [0.5, 0.6) is 46.0 Å². The second-order valence-corrected chi connectivity index (χ2v) is 16.5. The number of aromatic hydroxyl groups is 2. The van der Waals surface area contributed by atoms with E-state index in [2.05, 4.69) is 84.4 Å². The molecule has 0 amide bonds. The Hall–Kier alpha value is -8.08. The van der Waals surface area contributed by atoms with Crippen LogP contribution in [0.25, 0.3) is 0 Å². The van der Waals surface area contributed by atoms with Crippen LogP contribution in [0.15, 0.2) is 182 Å². The molecule has 0 fully saturated rings. The van der Waals surface area contributed by atoms with Crippen LogP contribution in [0, 0.1) is 6.92 Å². The van der Waals surface area contributed by atoms with Crippen LogP contribution in [0.2, 0.25) is 0 Å². The fourth-order valence-electron chi connectivity index (χ4n) is 7.47. The van der Waals surface area contributed by atoms with Gasteiger partial charge in [-0.15, -0.1) is 0 Å². The maximum Gasteiger partial charge on any atom is 0.161 e. The Labute approximate surface area is 386 Å². The van der Waals surface area contributed by atoms with Gasteiger partial charge in [-0.3, -0.25) is 4.90 Å². The second-order valence-electron chi connectivity index (χ2n) is 16.5. The van der Waals surface area contributed by atoms with Gasteiger partial charge in [-0.25, -0.2) is 0 Å². The molecule has 0 saturated heterocycles. The molecule has 10 nitrogen and oxygen atoms in total. The Kier molecular flexibility index (Phi) is 14.2. The fraction of sp³-hybridized carbons (Fsp3) is 0.143. The lowest BCUT2D eigenvalue weighted by Gasteiger charge is -2.31. The minimum Gasteiger partial charge on any atom is -0.508 e. The smallest absolute Gasteiger partial charge is 0.161 e. The lowest BCUT2D eigenvalue weighted by atomic mass is 9.99. The van der Waals surface area contributed by atoms with Crippen molar-refractivity contribution in [3.63, 3.8) is 0 Å². The number of phenolic OH excluding ortho intramolecular Hbond substituents is 2. The van der Waals surface area contributed by atoms with E-state index in [1.807, 2.05) is 72.8 Å². The van der Waals surface area contributed by atoms with Crippen molar-refractivity contribution < 1.29 is 29.2 Å². The van der Waals surface area contributed by atoms with Crippen molar-refractivity contribution in [1.29, 1.82) is 0 Å². The molecular weight excluding hydrogens is 825 g/mol. The number of benzene rings is 8. The highest BCUT2D eigenvalue weighted by Gasteiger charge is 2.19. The molecule has 2 aliphatic heterocycles. The third-order valence-electron chi connectivity index (χ3n) is 11.0. The number of fused-ring (bicyclic) bond motifs is 2. The monoisotopic (exact) mass is 878 g/mol. The Morgan fingerprint density at radius 1 is 0.470 bits per heavy atom.